The first kappa shape index (κ1) is 77.5. The molecule has 0 bridgehead atoms. The molecular weight excluding hydrogens is 1000 g/mol. The zero-order valence-electron chi connectivity index (χ0n) is 53.2. The van der Waals surface area contributed by atoms with E-state index in [2.05, 4.69) is 172 Å². The second-order valence-corrected chi connectivity index (χ2v) is 22.1. The molecule has 0 saturated carbocycles. The highest BCUT2D eigenvalue weighted by atomic mass is 16.6. The van der Waals surface area contributed by atoms with E-state index >= 15 is 0 Å². The molecule has 0 radical (unpaired) electrons. The molecule has 0 rings (SSSR count). The van der Waals surface area contributed by atoms with Crippen LogP contribution >= 0.6 is 0 Å². The van der Waals surface area contributed by atoms with Gasteiger partial charge in [0, 0.05) is 12.8 Å². The van der Waals surface area contributed by atoms with Crippen molar-refractivity contribution in [3.63, 3.8) is 0 Å². The predicted octanol–water partition coefficient (Wildman–Crippen LogP) is 23.9. The number of carbonyl (C=O) groups is 2. The van der Waals surface area contributed by atoms with E-state index in [1.807, 2.05) is 0 Å². The van der Waals surface area contributed by atoms with Crippen LogP contribution in [0.25, 0.3) is 0 Å². The Hall–Kier alpha value is -4.48. The number of unbranched alkanes of at least 4 members (excludes halogenated alkanes) is 27. The minimum atomic E-state index is -0.784. The second-order valence-electron chi connectivity index (χ2n) is 22.1. The molecule has 0 spiro atoms. The number of carbonyl (C=O) groups excluding carboxylic acids is 2. The summed E-state index contributed by atoms with van der Waals surface area (Å²) in [5.41, 5.74) is 0. The lowest BCUT2D eigenvalue weighted by molar-refractivity contribution is -0.161. The lowest BCUT2D eigenvalue weighted by Gasteiger charge is -2.15. The van der Waals surface area contributed by atoms with E-state index in [1.165, 1.54) is 148 Å². The first-order chi connectivity index (χ1) is 40.6. The number of rotatable bonds is 61. The normalized spacial score (nSPS) is 13.3. The average molecular weight is 1130 g/mol. The number of hydrogen-bond donors (Lipinski definition) is 1. The number of aliphatic hydroxyl groups is 1. The Morgan fingerprint density at radius 1 is 0.280 bits per heavy atom. The molecule has 0 aromatic rings. The fourth-order valence-corrected chi connectivity index (χ4v) is 9.31. The van der Waals surface area contributed by atoms with Gasteiger partial charge < -0.3 is 14.6 Å². The van der Waals surface area contributed by atoms with Crippen molar-refractivity contribution in [1.29, 1.82) is 0 Å². The Kier molecular flexibility index (Phi) is 66.9. The standard InChI is InChI=1S/C77H126O5/c1-3-5-7-9-11-13-15-17-19-21-23-25-27-29-31-33-34-35-36-37-38-39-40-41-42-44-46-48-50-52-54-56-58-60-62-64-66-68-70-72-77(80)82-75(73-78)74-81-76(79)71-69-67-65-63-61-59-57-55-53-51-49-47-45-43-32-30-28-26-24-22-20-18-16-14-12-10-8-6-4-2/h5-8,11-14,17-20,23-26,29-32,34-35,37-38,45,47,75,78H,3-4,9-10,15-16,21-22,27-28,33,36,39-44,46,48-74H2,1-2H3/b7-5-,8-6-,13-11-,14-12-,19-17-,20-18-,25-23-,26-24-,31-29-,32-30-,35-34-,38-37-,47-45-. The van der Waals surface area contributed by atoms with E-state index in [9.17, 15) is 14.7 Å². The van der Waals surface area contributed by atoms with Crippen LogP contribution in [0.1, 0.15) is 296 Å². The van der Waals surface area contributed by atoms with E-state index in [4.69, 9.17) is 9.47 Å². The van der Waals surface area contributed by atoms with Gasteiger partial charge >= 0.3 is 11.9 Å². The fraction of sp³-hybridized carbons (Fsp3) is 0.636. The van der Waals surface area contributed by atoms with E-state index in [0.717, 1.165) is 122 Å². The van der Waals surface area contributed by atoms with Crippen LogP contribution in [-0.4, -0.2) is 36.4 Å². The molecule has 5 nitrogen and oxygen atoms in total. The Bertz CT molecular complexity index is 1760. The van der Waals surface area contributed by atoms with Gasteiger partial charge in [0.15, 0.2) is 6.10 Å². The van der Waals surface area contributed by atoms with Crippen LogP contribution in [-0.2, 0) is 19.1 Å². The summed E-state index contributed by atoms with van der Waals surface area (Å²) in [6, 6.07) is 0. The number of ether oxygens (including phenoxy) is 2. The highest BCUT2D eigenvalue weighted by Crippen LogP contribution is 2.17. The highest BCUT2D eigenvalue weighted by Gasteiger charge is 2.16. The number of aliphatic hydroxyl groups excluding tert-OH is 1. The van der Waals surface area contributed by atoms with Crippen LogP contribution in [0, 0.1) is 0 Å². The molecule has 1 N–H and O–H groups in total. The maximum atomic E-state index is 12.4. The van der Waals surface area contributed by atoms with Crippen molar-refractivity contribution < 1.29 is 24.2 Å². The highest BCUT2D eigenvalue weighted by molar-refractivity contribution is 5.70. The van der Waals surface area contributed by atoms with Crippen LogP contribution < -0.4 is 0 Å². The van der Waals surface area contributed by atoms with Crippen molar-refractivity contribution in [3.8, 4) is 0 Å². The molecule has 0 heterocycles. The fourth-order valence-electron chi connectivity index (χ4n) is 9.31. The van der Waals surface area contributed by atoms with Crippen LogP contribution in [0.2, 0.25) is 0 Å². The third kappa shape index (κ3) is 68.0. The number of esters is 2. The molecule has 0 aliphatic rings. The van der Waals surface area contributed by atoms with Gasteiger partial charge in [-0.3, -0.25) is 9.59 Å². The van der Waals surface area contributed by atoms with Crippen molar-refractivity contribution in [3.05, 3.63) is 158 Å². The SMILES string of the molecule is CC/C=C\C/C=C\C/C=C\C/C=C\C/C=C\C/C=C\C/C=C\CCCCCCCCCCCCCCCCCCCC(=O)OC(CO)COC(=O)CCCCCCCCCCCC/C=C\C/C=C\C/C=C\C/C=C\C/C=C\C/C=C\CC. The summed E-state index contributed by atoms with van der Waals surface area (Å²) in [7, 11) is 0. The molecule has 1 unspecified atom stereocenters. The Morgan fingerprint density at radius 3 is 0.732 bits per heavy atom. The van der Waals surface area contributed by atoms with Gasteiger partial charge in [0.2, 0.25) is 0 Å². The van der Waals surface area contributed by atoms with Crippen LogP contribution in [0.3, 0.4) is 0 Å². The first-order valence-corrected chi connectivity index (χ1v) is 34.0. The molecule has 0 aliphatic heterocycles. The quantitative estimate of drug-likeness (QED) is 0.0373. The first-order valence-electron chi connectivity index (χ1n) is 34.0. The van der Waals surface area contributed by atoms with E-state index in [-0.39, 0.29) is 25.2 Å². The summed E-state index contributed by atoms with van der Waals surface area (Å²) in [6.07, 6.45) is 108. The number of allylic oxidation sites excluding steroid dienone is 26. The molecule has 1 atom stereocenters. The lowest BCUT2D eigenvalue weighted by atomic mass is 10.0. The van der Waals surface area contributed by atoms with Gasteiger partial charge in [-0.15, -0.1) is 0 Å². The average Bonchev–Trinajstić information content (AvgIpc) is 3.49. The van der Waals surface area contributed by atoms with E-state index in [0.29, 0.717) is 12.8 Å². The molecule has 0 aromatic heterocycles. The van der Waals surface area contributed by atoms with Crippen LogP contribution in [0.5, 0.6) is 0 Å². The third-order valence-corrected chi connectivity index (χ3v) is 14.3. The zero-order valence-corrected chi connectivity index (χ0v) is 53.2. The van der Waals surface area contributed by atoms with Crippen molar-refractivity contribution in [2.24, 2.45) is 0 Å². The van der Waals surface area contributed by atoms with E-state index < -0.39 is 6.10 Å². The second kappa shape index (κ2) is 70.8. The number of hydrogen-bond acceptors (Lipinski definition) is 5. The summed E-state index contributed by atoms with van der Waals surface area (Å²) in [4.78, 5) is 24.6. The molecule has 0 amide bonds. The van der Waals surface area contributed by atoms with Crippen LogP contribution in [0.15, 0.2) is 158 Å². The molecule has 0 aliphatic carbocycles. The predicted molar refractivity (Wildman–Crippen MR) is 361 cm³/mol. The molecular formula is C77H126O5. The Labute approximate surface area is 507 Å². The largest absolute Gasteiger partial charge is 0.462 e. The van der Waals surface area contributed by atoms with Crippen molar-refractivity contribution in [1.82, 2.24) is 0 Å². The van der Waals surface area contributed by atoms with Gasteiger partial charge in [0.1, 0.15) is 6.61 Å². The minimum absolute atomic E-state index is 0.0742. The topological polar surface area (TPSA) is 72.8 Å². The van der Waals surface area contributed by atoms with E-state index in [1.54, 1.807) is 0 Å². The Balaban J connectivity index is 3.51. The summed E-state index contributed by atoms with van der Waals surface area (Å²) in [5.74, 6) is -0.595. The Morgan fingerprint density at radius 2 is 0.488 bits per heavy atom. The third-order valence-electron chi connectivity index (χ3n) is 14.3. The van der Waals surface area contributed by atoms with Gasteiger partial charge in [-0.05, 0) is 122 Å². The van der Waals surface area contributed by atoms with Crippen molar-refractivity contribution in [2.75, 3.05) is 13.2 Å². The zero-order chi connectivity index (χ0) is 59.1. The monoisotopic (exact) mass is 1130 g/mol. The maximum Gasteiger partial charge on any atom is 0.306 e. The summed E-state index contributed by atoms with van der Waals surface area (Å²) in [5, 5.41) is 9.70. The summed E-state index contributed by atoms with van der Waals surface area (Å²) < 4.78 is 10.7. The van der Waals surface area contributed by atoms with Gasteiger partial charge in [-0.1, -0.05) is 320 Å². The van der Waals surface area contributed by atoms with Gasteiger partial charge in [0.25, 0.3) is 0 Å². The molecule has 0 fully saturated rings. The molecule has 0 aromatic carbocycles. The van der Waals surface area contributed by atoms with Crippen molar-refractivity contribution in [2.45, 2.75) is 302 Å². The minimum Gasteiger partial charge on any atom is -0.462 e. The van der Waals surface area contributed by atoms with Crippen LogP contribution in [0.4, 0.5) is 0 Å². The smallest absolute Gasteiger partial charge is 0.306 e. The summed E-state index contributed by atoms with van der Waals surface area (Å²) in [6.45, 7) is 3.92. The molecule has 0 saturated heterocycles. The molecule has 82 heavy (non-hydrogen) atoms. The van der Waals surface area contributed by atoms with Gasteiger partial charge in [-0.2, -0.15) is 0 Å². The van der Waals surface area contributed by atoms with Gasteiger partial charge in [-0.25, -0.2) is 0 Å². The molecule has 464 valence electrons. The lowest BCUT2D eigenvalue weighted by Crippen LogP contribution is -2.28. The maximum absolute atomic E-state index is 12.4. The molecule has 5 heteroatoms. The van der Waals surface area contributed by atoms with Gasteiger partial charge in [0.05, 0.1) is 6.61 Å². The van der Waals surface area contributed by atoms with Crippen molar-refractivity contribution >= 4 is 11.9 Å². The summed E-state index contributed by atoms with van der Waals surface area (Å²) >= 11 is 0.